The summed E-state index contributed by atoms with van der Waals surface area (Å²) in [7, 11) is 1.67. The first-order valence-electron chi connectivity index (χ1n) is 6.29. The number of carboxylic acids is 1. The predicted octanol–water partition coefficient (Wildman–Crippen LogP) is 0.718. The van der Waals surface area contributed by atoms with Gasteiger partial charge in [-0.2, -0.15) is 5.10 Å². The molecular weight excluding hydrogens is 276 g/mol. The molecule has 0 bridgehead atoms. The van der Waals surface area contributed by atoms with Gasteiger partial charge in [-0.1, -0.05) is 0 Å². The highest BCUT2D eigenvalue weighted by Crippen LogP contribution is 2.27. The molecule has 2 aromatic rings. The van der Waals surface area contributed by atoms with Crippen LogP contribution in [-0.2, 0) is 11.8 Å². The molecule has 3 rings (SSSR count). The van der Waals surface area contributed by atoms with Gasteiger partial charge in [-0.15, -0.1) is 0 Å². The summed E-state index contributed by atoms with van der Waals surface area (Å²) < 4.78 is 1.51. The van der Waals surface area contributed by atoms with Gasteiger partial charge >= 0.3 is 12.0 Å². The lowest BCUT2D eigenvalue weighted by atomic mass is 10.1. The molecule has 0 atom stereocenters. The van der Waals surface area contributed by atoms with Crippen molar-refractivity contribution in [3.8, 4) is 0 Å². The summed E-state index contributed by atoms with van der Waals surface area (Å²) in [6.07, 6.45) is 0.205. The standard InChI is InChI=1S/C13H12N4O4/c1-16-9-6-7(12(19)20)2-3-8(9)11(15-16)17-5-4-10(18)14-13(17)21/h2-3,6H,4-5H2,1H3,(H,19,20)(H,14,18,21). The summed E-state index contributed by atoms with van der Waals surface area (Å²) in [5, 5.41) is 16.2. The summed E-state index contributed by atoms with van der Waals surface area (Å²) in [4.78, 5) is 35.5. The van der Waals surface area contributed by atoms with Crippen LogP contribution in [0.15, 0.2) is 18.2 Å². The van der Waals surface area contributed by atoms with E-state index < -0.39 is 12.0 Å². The fraction of sp³-hybridized carbons (Fsp3) is 0.231. The number of hydrogen-bond donors (Lipinski definition) is 2. The van der Waals surface area contributed by atoms with E-state index in [1.54, 1.807) is 13.1 Å². The third-order valence-corrected chi connectivity index (χ3v) is 3.39. The number of aryl methyl sites for hydroxylation is 1. The number of carboxylic acid groups (broad SMARTS) is 1. The zero-order chi connectivity index (χ0) is 15.1. The van der Waals surface area contributed by atoms with Crippen LogP contribution in [0.4, 0.5) is 10.6 Å². The average Bonchev–Trinajstić information content (AvgIpc) is 2.75. The van der Waals surface area contributed by atoms with E-state index in [1.165, 1.54) is 21.7 Å². The molecule has 0 spiro atoms. The predicted molar refractivity (Wildman–Crippen MR) is 73.2 cm³/mol. The molecule has 8 heteroatoms. The van der Waals surface area contributed by atoms with Crippen LogP contribution in [0.2, 0.25) is 0 Å². The number of carbonyl (C=O) groups excluding carboxylic acids is 2. The number of imide groups is 1. The van der Waals surface area contributed by atoms with E-state index in [0.717, 1.165) is 0 Å². The van der Waals surface area contributed by atoms with E-state index in [1.807, 2.05) is 0 Å². The molecule has 0 unspecified atom stereocenters. The number of rotatable bonds is 2. The van der Waals surface area contributed by atoms with Crippen LogP contribution < -0.4 is 10.2 Å². The molecule has 21 heavy (non-hydrogen) atoms. The van der Waals surface area contributed by atoms with Crippen molar-refractivity contribution in [3.05, 3.63) is 23.8 Å². The maximum atomic E-state index is 11.9. The Balaban J connectivity index is 2.10. The molecular formula is C13H12N4O4. The summed E-state index contributed by atoms with van der Waals surface area (Å²) >= 11 is 0. The van der Waals surface area contributed by atoms with Crippen molar-refractivity contribution in [2.24, 2.45) is 7.05 Å². The van der Waals surface area contributed by atoms with E-state index in [2.05, 4.69) is 10.4 Å². The van der Waals surface area contributed by atoms with E-state index in [-0.39, 0.29) is 24.4 Å². The molecule has 1 aromatic heterocycles. The van der Waals surface area contributed by atoms with Gasteiger partial charge in [0.15, 0.2) is 5.82 Å². The first kappa shape index (κ1) is 13.1. The maximum Gasteiger partial charge on any atom is 0.335 e. The normalized spacial score (nSPS) is 15.4. The van der Waals surface area contributed by atoms with Crippen molar-refractivity contribution in [2.75, 3.05) is 11.4 Å². The number of amides is 3. The first-order valence-corrected chi connectivity index (χ1v) is 6.29. The van der Waals surface area contributed by atoms with E-state index >= 15 is 0 Å². The number of nitrogens with zero attached hydrogens (tertiary/aromatic N) is 3. The minimum absolute atomic E-state index is 0.148. The van der Waals surface area contributed by atoms with Gasteiger partial charge in [0.25, 0.3) is 0 Å². The summed E-state index contributed by atoms with van der Waals surface area (Å²) in [5.41, 5.74) is 0.755. The van der Waals surface area contributed by atoms with Crippen LogP contribution in [0.5, 0.6) is 0 Å². The Morgan fingerprint density at radius 3 is 2.81 bits per heavy atom. The van der Waals surface area contributed by atoms with Crippen LogP contribution in [0.25, 0.3) is 10.9 Å². The molecule has 2 N–H and O–H groups in total. The SMILES string of the molecule is Cn1nc(N2CCC(=O)NC2=O)c2ccc(C(=O)O)cc21. The molecule has 108 valence electrons. The van der Waals surface area contributed by atoms with E-state index in [4.69, 9.17) is 5.11 Å². The first-order chi connectivity index (χ1) is 9.97. The van der Waals surface area contributed by atoms with Gasteiger partial charge < -0.3 is 5.11 Å². The molecule has 1 aliphatic rings. The number of nitrogens with one attached hydrogen (secondary N) is 1. The topological polar surface area (TPSA) is 105 Å². The maximum absolute atomic E-state index is 11.9. The Hall–Kier alpha value is -2.90. The number of benzene rings is 1. The molecule has 0 saturated carbocycles. The smallest absolute Gasteiger partial charge is 0.335 e. The Labute approximate surface area is 118 Å². The molecule has 0 aliphatic carbocycles. The Kier molecular flexibility index (Phi) is 2.86. The summed E-state index contributed by atoms with van der Waals surface area (Å²) in [5.74, 6) is -0.931. The minimum atomic E-state index is -1.03. The van der Waals surface area contributed by atoms with Crippen molar-refractivity contribution >= 4 is 34.6 Å². The van der Waals surface area contributed by atoms with Gasteiger partial charge in [-0.3, -0.25) is 19.7 Å². The van der Waals surface area contributed by atoms with Crippen molar-refractivity contribution < 1.29 is 19.5 Å². The lowest BCUT2D eigenvalue weighted by Gasteiger charge is -2.24. The van der Waals surface area contributed by atoms with Gasteiger partial charge in [0.1, 0.15) is 0 Å². The van der Waals surface area contributed by atoms with Crippen molar-refractivity contribution in [3.63, 3.8) is 0 Å². The fourth-order valence-corrected chi connectivity index (χ4v) is 2.34. The average molecular weight is 288 g/mol. The second kappa shape index (κ2) is 4.58. The lowest BCUT2D eigenvalue weighted by Crippen LogP contribution is -2.49. The van der Waals surface area contributed by atoms with Crippen molar-refractivity contribution in [1.82, 2.24) is 15.1 Å². The number of anilines is 1. The van der Waals surface area contributed by atoms with Crippen LogP contribution in [0.1, 0.15) is 16.8 Å². The highest BCUT2D eigenvalue weighted by molar-refractivity contribution is 6.09. The second-order valence-electron chi connectivity index (χ2n) is 4.74. The third kappa shape index (κ3) is 2.10. The van der Waals surface area contributed by atoms with Crippen LogP contribution >= 0.6 is 0 Å². The number of hydrogen-bond acceptors (Lipinski definition) is 4. The van der Waals surface area contributed by atoms with Crippen molar-refractivity contribution in [2.45, 2.75) is 6.42 Å². The van der Waals surface area contributed by atoms with Gasteiger partial charge in [-0.05, 0) is 18.2 Å². The lowest BCUT2D eigenvalue weighted by molar-refractivity contribution is -0.120. The Morgan fingerprint density at radius 2 is 2.14 bits per heavy atom. The summed E-state index contributed by atoms with van der Waals surface area (Å²) in [6.45, 7) is 0.247. The minimum Gasteiger partial charge on any atom is -0.478 e. The number of carbonyl (C=O) groups is 3. The summed E-state index contributed by atoms with van der Waals surface area (Å²) in [6, 6.07) is 4.06. The molecule has 1 fully saturated rings. The molecule has 1 aliphatic heterocycles. The molecule has 2 heterocycles. The van der Waals surface area contributed by atoms with Crippen molar-refractivity contribution in [1.29, 1.82) is 0 Å². The molecule has 1 aromatic carbocycles. The Morgan fingerprint density at radius 1 is 1.38 bits per heavy atom. The molecule has 1 saturated heterocycles. The zero-order valence-corrected chi connectivity index (χ0v) is 11.2. The number of aromatic nitrogens is 2. The van der Waals surface area contributed by atoms with E-state index in [9.17, 15) is 14.4 Å². The van der Waals surface area contributed by atoms with Gasteiger partial charge in [0.05, 0.1) is 11.1 Å². The van der Waals surface area contributed by atoms with Crippen LogP contribution in [-0.4, -0.2) is 39.3 Å². The number of urea groups is 1. The fourth-order valence-electron chi connectivity index (χ4n) is 2.34. The van der Waals surface area contributed by atoms with Gasteiger partial charge in [-0.25, -0.2) is 9.59 Å². The van der Waals surface area contributed by atoms with Crippen LogP contribution in [0, 0.1) is 0 Å². The quantitative estimate of drug-likeness (QED) is 0.847. The highest BCUT2D eigenvalue weighted by atomic mass is 16.4. The van der Waals surface area contributed by atoms with Gasteiger partial charge in [0, 0.05) is 25.4 Å². The van der Waals surface area contributed by atoms with Gasteiger partial charge in [0.2, 0.25) is 5.91 Å². The molecule has 3 amide bonds. The molecule has 0 radical (unpaired) electrons. The third-order valence-electron chi connectivity index (χ3n) is 3.39. The Bertz CT molecular complexity index is 780. The molecule has 8 nitrogen and oxygen atoms in total. The largest absolute Gasteiger partial charge is 0.478 e. The number of aromatic carboxylic acids is 1. The highest BCUT2D eigenvalue weighted by Gasteiger charge is 2.28. The second-order valence-corrected chi connectivity index (χ2v) is 4.74. The zero-order valence-electron chi connectivity index (χ0n) is 11.2. The monoisotopic (exact) mass is 288 g/mol. The van der Waals surface area contributed by atoms with Crippen LogP contribution in [0.3, 0.4) is 0 Å². The number of fused-ring (bicyclic) bond motifs is 1. The van der Waals surface area contributed by atoms with E-state index in [0.29, 0.717) is 16.7 Å².